The molecular formula is C40H64N2O7. The number of carboxylic acid groups (broad SMARTS) is 2. The fraction of sp³-hybridized carbons (Fsp3) is 0.900. The molecule has 276 valence electrons. The molecule has 9 nitrogen and oxygen atoms in total. The van der Waals surface area contributed by atoms with Crippen LogP contribution in [0.5, 0.6) is 0 Å². The molecule has 0 saturated heterocycles. The van der Waals surface area contributed by atoms with Gasteiger partial charge in [-0.2, -0.15) is 0 Å². The second-order valence-corrected chi connectivity index (χ2v) is 17.1. The summed E-state index contributed by atoms with van der Waals surface area (Å²) in [6.45, 7) is 0. The lowest BCUT2D eigenvalue weighted by Crippen LogP contribution is -2.48. The lowest BCUT2D eigenvalue weighted by Gasteiger charge is -2.40. The number of rotatable bonds is 10. The van der Waals surface area contributed by atoms with Crippen molar-refractivity contribution < 1.29 is 34.1 Å². The molecule has 0 spiro atoms. The van der Waals surface area contributed by atoms with Gasteiger partial charge in [-0.15, -0.1) is 0 Å². The first-order chi connectivity index (χ1) is 23.7. The van der Waals surface area contributed by atoms with E-state index in [0.717, 1.165) is 77.0 Å². The Morgan fingerprint density at radius 2 is 0.776 bits per heavy atom. The normalized spacial score (nSPS) is 38.3. The topological polar surface area (TPSA) is 142 Å². The molecule has 6 saturated carbocycles. The molecule has 6 rings (SSSR count). The van der Waals surface area contributed by atoms with Crippen LogP contribution in [0, 0.1) is 47.3 Å². The van der Waals surface area contributed by atoms with Gasteiger partial charge >= 0.3 is 11.9 Å². The minimum absolute atomic E-state index is 0.0509. The molecule has 9 heteroatoms. The number of carbonyl (C=O) groups is 4. The minimum atomic E-state index is -0.824. The largest absolute Gasteiger partial charge is 0.481 e. The summed E-state index contributed by atoms with van der Waals surface area (Å²) in [5, 5.41) is 26.4. The number of carboxylic acids is 2. The third kappa shape index (κ3) is 9.59. The highest BCUT2D eigenvalue weighted by Gasteiger charge is 2.44. The van der Waals surface area contributed by atoms with Gasteiger partial charge in [0.05, 0.1) is 35.9 Å². The van der Waals surface area contributed by atoms with Crippen LogP contribution < -0.4 is 10.6 Å². The Balaban J connectivity index is 0.911. The quantitative estimate of drug-likeness (QED) is 0.190. The summed E-state index contributed by atoms with van der Waals surface area (Å²) in [6.07, 6.45) is 24.4. The monoisotopic (exact) mass is 684 g/mol. The van der Waals surface area contributed by atoms with Crippen LogP contribution in [0.3, 0.4) is 0 Å². The van der Waals surface area contributed by atoms with Crippen LogP contribution in [0.15, 0.2) is 0 Å². The van der Waals surface area contributed by atoms with E-state index in [1.807, 2.05) is 0 Å². The van der Waals surface area contributed by atoms with Gasteiger partial charge in [-0.05, 0) is 114 Å². The van der Waals surface area contributed by atoms with E-state index >= 15 is 0 Å². The van der Waals surface area contributed by atoms with Crippen LogP contribution in [-0.4, -0.2) is 58.3 Å². The Morgan fingerprint density at radius 1 is 0.408 bits per heavy atom. The standard InChI is InChI=1S/C40H64N2O7/c43-37(35-23-27(11-21-33(35)39(45)46)25-7-3-1-4-8-25)41-29-13-17-31(18-14-29)49-32-19-15-30(16-20-32)42-38(44)36-24-28(12-22-34(36)40(47)48)26-9-5-2-6-10-26/h25-36H,1-24H2,(H,41,43)(H,42,44)(H,45,46)(H,47,48). The lowest BCUT2D eigenvalue weighted by atomic mass is 9.66. The van der Waals surface area contributed by atoms with Gasteiger partial charge in [0.1, 0.15) is 0 Å². The van der Waals surface area contributed by atoms with Crippen molar-refractivity contribution in [1.82, 2.24) is 10.6 Å². The Bertz CT molecular complexity index is 1030. The van der Waals surface area contributed by atoms with Gasteiger partial charge in [-0.25, -0.2) is 0 Å². The third-order valence-electron chi connectivity index (χ3n) is 14.1. The molecule has 0 radical (unpaired) electrons. The summed E-state index contributed by atoms with van der Waals surface area (Å²) in [4.78, 5) is 51.2. The first-order valence-corrected chi connectivity index (χ1v) is 20.5. The van der Waals surface area contributed by atoms with Crippen molar-refractivity contribution in [2.75, 3.05) is 0 Å². The molecule has 0 aromatic rings. The maximum atomic E-state index is 13.5. The first kappa shape index (κ1) is 36.6. The van der Waals surface area contributed by atoms with Crippen LogP contribution >= 0.6 is 0 Å². The molecule has 0 heterocycles. The number of amides is 2. The van der Waals surface area contributed by atoms with Crippen LogP contribution in [-0.2, 0) is 23.9 Å². The summed E-state index contributed by atoms with van der Waals surface area (Å²) >= 11 is 0. The molecule has 6 unspecified atom stereocenters. The molecule has 6 fully saturated rings. The lowest BCUT2D eigenvalue weighted by molar-refractivity contribution is -0.150. The van der Waals surface area contributed by atoms with Crippen molar-refractivity contribution in [2.24, 2.45) is 47.3 Å². The predicted octanol–water partition coefficient (Wildman–Crippen LogP) is 7.25. The van der Waals surface area contributed by atoms with E-state index in [2.05, 4.69) is 10.6 Å². The van der Waals surface area contributed by atoms with Crippen molar-refractivity contribution in [3.05, 3.63) is 0 Å². The molecular weight excluding hydrogens is 620 g/mol. The van der Waals surface area contributed by atoms with Crippen molar-refractivity contribution in [2.45, 2.75) is 178 Å². The van der Waals surface area contributed by atoms with Crippen molar-refractivity contribution in [1.29, 1.82) is 0 Å². The van der Waals surface area contributed by atoms with Crippen molar-refractivity contribution >= 4 is 23.8 Å². The van der Waals surface area contributed by atoms with Gasteiger partial charge in [0.2, 0.25) is 11.8 Å². The number of ether oxygens (including phenoxy) is 1. The summed E-state index contributed by atoms with van der Waals surface area (Å²) in [7, 11) is 0. The van der Waals surface area contributed by atoms with E-state index in [0.29, 0.717) is 36.5 Å². The van der Waals surface area contributed by atoms with Gasteiger partial charge in [0, 0.05) is 12.1 Å². The number of nitrogens with one attached hydrogen (secondary N) is 2. The van der Waals surface area contributed by atoms with Gasteiger partial charge in [0.25, 0.3) is 0 Å². The predicted molar refractivity (Wildman–Crippen MR) is 187 cm³/mol. The Labute approximate surface area is 293 Å². The minimum Gasteiger partial charge on any atom is -0.481 e. The van der Waals surface area contributed by atoms with E-state index in [1.165, 1.54) is 64.2 Å². The highest BCUT2D eigenvalue weighted by atomic mass is 16.5. The van der Waals surface area contributed by atoms with Crippen LogP contribution in [0.4, 0.5) is 0 Å². The fourth-order valence-electron chi connectivity index (χ4n) is 11.2. The fourth-order valence-corrected chi connectivity index (χ4v) is 11.2. The molecule has 6 aliphatic rings. The number of carbonyl (C=O) groups excluding carboxylic acids is 2. The number of aliphatic carboxylic acids is 2. The Hall–Kier alpha value is -2.16. The summed E-state index contributed by atoms with van der Waals surface area (Å²) in [5.41, 5.74) is 0. The zero-order valence-electron chi connectivity index (χ0n) is 29.8. The summed E-state index contributed by atoms with van der Waals surface area (Å²) in [6, 6.07) is 0.157. The van der Waals surface area contributed by atoms with Crippen LogP contribution in [0.25, 0.3) is 0 Å². The Kier molecular flexibility index (Phi) is 13.0. The molecule has 49 heavy (non-hydrogen) atoms. The van der Waals surface area contributed by atoms with Crippen LogP contribution in [0.1, 0.15) is 154 Å². The van der Waals surface area contributed by atoms with Gasteiger partial charge < -0.3 is 25.6 Å². The highest BCUT2D eigenvalue weighted by molar-refractivity contribution is 5.85. The maximum absolute atomic E-state index is 13.5. The summed E-state index contributed by atoms with van der Waals surface area (Å²) in [5.74, 6) is -1.48. The molecule has 2 amide bonds. The van der Waals surface area contributed by atoms with Gasteiger partial charge in [-0.1, -0.05) is 64.2 Å². The van der Waals surface area contributed by atoms with Crippen molar-refractivity contribution in [3.63, 3.8) is 0 Å². The van der Waals surface area contributed by atoms with E-state index in [-0.39, 0.29) is 36.1 Å². The van der Waals surface area contributed by atoms with Gasteiger partial charge in [-0.3, -0.25) is 19.2 Å². The van der Waals surface area contributed by atoms with E-state index in [4.69, 9.17) is 4.74 Å². The average Bonchev–Trinajstić information content (AvgIpc) is 3.13. The zero-order valence-corrected chi connectivity index (χ0v) is 29.8. The molecule has 0 bridgehead atoms. The second kappa shape index (κ2) is 17.4. The van der Waals surface area contributed by atoms with E-state index < -0.39 is 35.6 Å². The Morgan fingerprint density at radius 3 is 1.12 bits per heavy atom. The number of hydrogen-bond acceptors (Lipinski definition) is 5. The van der Waals surface area contributed by atoms with E-state index in [9.17, 15) is 29.4 Å². The average molecular weight is 685 g/mol. The SMILES string of the molecule is O=C(O)C1CCC(C2CCCCC2)CC1C(=O)NC1CCC(OC2CCC(NC(=O)C3CC(C4CCCCC4)CCC3C(=O)O)CC2)CC1. The molecule has 0 aliphatic heterocycles. The number of hydrogen-bond donors (Lipinski definition) is 4. The maximum Gasteiger partial charge on any atom is 0.307 e. The molecule has 4 N–H and O–H groups in total. The van der Waals surface area contributed by atoms with Crippen LogP contribution in [0.2, 0.25) is 0 Å². The van der Waals surface area contributed by atoms with Crippen molar-refractivity contribution in [3.8, 4) is 0 Å². The summed E-state index contributed by atoms with van der Waals surface area (Å²) < 4.78 is 6.55. The third-order valence-corrected chi connectivity index (χ3v) is 14.1. The highest BCUT2D eigenvalue weighted by Crippen LogP contribution is 2.44. The molecule has 6 atom stereocenters. The molecule has 0 aromatic carbocycles. The van der Waals surface area contributed by atoms with Gasteiger partial charge in [0.15, 0.2) is 0 Å². The smallest absolute Gasteiger partial charge is 0.307 e. The second-order valence-electron chi connectivity index (χ2n) is 17.1. The first-order valence-electron chi connectivity index (χ1n) is 20.5. The van der Waals surface area contributed by atoms with E-state index in [1.54, 1.807) is 0 Å². The zero-order chi connectivity index (χ0) is 34.3. The molecule has 0 aromatic heterocycles. The molecule has 6 aliphatic carbocycles.